The fraction of sp³-hybridized carbons (Fsp3) is 0.333. The van der Waals surface area contributed by atoms with Gasteiger partial charge in [-0.1, -0.05) is 46.3 Å². The first-order chi connectivity index (χ1) is 25.0. The van der Waals surface area contributed by atoms with Gasteiger partial charge in [0.25, 0.3) is 5.69 Å². The van der Waals surface area contributed by atoms with E-state index >= 15 is 0 Å². The number of nitrogens with one attached hydrogen (secondary N) is 1. The third kappa shape index (κ3) is 8.08. The summed E-state index contributed by atoms with van der Waals surface area (Å²) in [5, 5.41) is 14.7. The lowest BCUT2D eigenvalue weighted by molar-refractivity contribution is -0.387. The molecule has 0 spiro atoms. The molecule has 3 aromatic carbocycles. The van der Waals surface area contributed by atoms with Gasteiger partial charge in [-0.25, -0.2) is 26.4 Å². The van der Waals surface area contributed by atoms with Gasteiger partial charge < -0.3 is 14.8 Å². The average molecular weight is 830 g/mol. The largest absolute Gasteiger partial charge is 0.461 e. The Bertz CT molecular complexity index is 2240. The first-order valence-corrected chi connectivity index (χ1v) is 20.3. The second-order valence-electron chi connectivity index (χ2n) is 13.8. The molecule has 1 unspecified atom stereocenters. The number of rotatable bonds is 9. The highest BCUT2D eigenvalue weighted by molar-refractivity contribution is 9.10. The van der Waals surface area contributed by atoms with Crippen molar-refractivity contribution in [1.29, 1.82) is 0 Å². The first-order valence-electron chi connectivity index (χ1n) is 16.6. The topological polar surface area (TPSA) is 183 Å². The van der Waals surface area contributed by atoms with Crippen LogP contribution >= 0.6 is 15.9 Å². The number of sulfonamides is 2. The molecule has 14 nitrogen and oxygen atoms in total. The van der Waals surface area contributed by atoms with Gasteiger partial charge in [0, 0.05) is 42.6 Å². The quantitative estimate of drug-likeness (QED) is 0.166. The molecule has 0 aromatic heterocycles. The molecular formula is C36H37BrN4O10S2. The summed E-state index contributed by atoms with van der Waals surface area (Å²) in [5.41, 5.74) is 1.11. The van der Waals surface area contributed by atoms with E-state index in [2.05, 4.69) is 21.2 Å². The molecule has 1 amide bonds. The van der Waals surface area contributed by atoms with Crippen molar-refractivity contribution in [2.24, 2.45) is 5.92 Å². The van der Waals surface area contributed by atoms with E-state index in [9.17, 15) is 36.5 Å². The average Bonchev–Trinajstić information content (AvgIpc) is 3.57. The fourth-order valence-electron chi connectivity index (χ4n) is 6.74. The number of nitrogens with zero attached hydrogens (tertiary/aromatic N) is 3. The molecule has 3 aromatic rings. The molecule has 1 N–H and O–H groups in total. The Hall–Kier alpha value is -4.42. The van der Waals surface area contributed by atoms with E-state index in [0.29, 0.717) is 32.3 Å². The molecule has 2 atom stereocenters. The molecule has 2 aliphatic heterocycles. The zero-order valence-electron chi connectivity index (χ0n) is 29.0. The van der Waals surface area contributed by atoms with E-state index in [1.807, 2.05) is 0 Å². The SMILES string of the molecule is CC(C)(C)OC(=O)N[C@@H]1CN(S(=O)(=O)c2ccccc2[N+](=O)[O-])CC2=C1CC(COC(=O)c1ccccc1)C1=C2CN(S(=O)(=O)c2ccc(Br)cc2)C1. The second-order valence-corrected chi connectivity index (χ2v) is 18.6. The number of esters is 1. The van der Waals surface area contributed by atoms with E-state index in [1.54, 1.807) is 63.2 Å². The first kappa shape index (κ1) is 38.3. The van der Waals surface area contributed by atoms with Crippen LogP contribution in [0.1, 0.15) is 37.6 Å². The van der Waals surface area contributed by atoms with Gasteiger partial charge >= 0.3 is 12.1 Å². The van der Waals surface area contributed by atoms with Crippen molar-refractivity contribution in [3.8, 4) is 0 Å². The number of fused-ring (bicyclic) bond motifs is 1. The van der Waals surface area contributed by atoms with E-state index < -0.39 is 65.2 Å². The highest BCUT2D eigenvalue weighted by Gasteiger charge is 2.46. The van der Waals surface area contributed by atoms with Crippen molar-refractivity contribution in [3.63, 3.8) is 0 Å². The van der Waals surface area contributed by atoms with E-state index in [-0.39, 0.29) is 44.1 Å². The summed E-state index contributed by atoms with van der Waals surface area (Å²) in [5.74, 6) is -1.10. The highest BCUT2D eigenvalue weighted by atomic mass is 79.9. The molecule has 0 bridgehead atoms. The van der Waals surface area contributed by atoms with Gasteiger partial charge in [-0.05, 0) is 91.9 Å². The summed E-state index contributed by atoms with van der Waals surface area (Å²) in [4.78, 5) is 36.9. The van der Waals surface area contributed by atoms with Crippen molar-refractivity contribution in [3.05, 3.63) is 121 Å². The van der Waals surface area contributed by atoms with Gasteiger partial charge in [-0.15, -0.1) is 0 Å². The standard InChI is InChI=1S/C36H37BrN4O10S2/c1-36(2,3)51-35(43)38-31-21-40(53(48,49)33-12-8-7-11-32(33)41(44)45)19-29-27(31)17-24(22-50-34(42)23-9-5-4-6-10-23)28-18-39(20-30(28)29)52(46,47)26-15-13-25(37)14-16-26/h4-16,24,31H,17-22H2,1-3H3,(H,38,43)/t24?,31-/m1/s1. The van der Waals surface area contributed by atoms with Crippen LogP contribution in [0.3, 0.4) is 0 Å². The third-order valence-electron chi connectivity index (χ3n) is 9.17. The second kappa shape index (κ2) is 14.8. The van der Waals surface area contributed by atoms with Gasteiger partial charge in [-0.3, -0.25) is 10.1 Å². The summed E-state index contributed by atoms with van der Waals surface area (Å²) >= 11 is 3.33. The Morgan fingerprint density at radius 2 is 1.49 bits per heavy atom. The summed E-state index contributed by atoms with van der Waals surface area (Å²) in [6.07, 6.45) is -0.626. The van der Waals surface area contributed by atoms with Crippen LogP contribution in [0.2, 0.25) is 0 Å². The molecule has 2 heterocycles. The van der Waals surface area contributed by atoms with Crippen LogP contribution in [0, 0.1) is 16.0 Å². The van der Waals surface area contributed by atoms with Crippen molar-refractivity contribution >= 4 is 53.7 Å². The van der Waals surface area contributed by atoms with E-state index in [1.165, 1.54) is 28.6 Å². The number of carbonyl (C=O) groups is 2. The number of hydrogen-bond acceptors (Lipinski definition) is 10. The number of carbonyl (C=O) groups excluding carboxylic acids is 2. The van der Waals surface area contributed by atoms with Gasteiger partial charge in [0.2, 0.25) is 20.0 Å². The predicted molar refractivity (Wildman–Crippen MR) is 197 cm³/mol. The number of amides is 1. The van der Waals surface area contributed by atoms with E-state index in [0.717, 1.165) is 16.4 Å². The maximum atomic E-state index is 14.2. The molecule has 0 radical (unpaired) electrons. The smallest absolute Gasteiger partial charge is 0.408 e. The fourth-order valence-corrected chi connectivity index (χ4v) is 9.97. The zero-order valence-corrected chi connectivity index (χ0v) is 32.2. The molecular weight excluding hydrogens is 792 g/mol. The molecule has 3 aliphatic rings. The van der Waals surface area contributed by atoms with E-state index in [4.69, 9.17) is 9.47 Å². The lowest BCUT2D eigenvalue weighted by Gasteiger charge is -2.40. The minimum Gasteiger partial charge on any atom is -0.461 e. The summed E-state index contributed by atoms with van der Waals surface area (Å²) in [7, 11) is -8.60. The normalized spacial score (nSPS) is 19.7. The summed E-state index contributed by atoms with van der Waals surface area (Å²) in [6.45, 7) is 4.18. The summed E-state index contributed by atoms with van der Waals surface area (Å²) < 4.78 is 70.8. The number of hydrogen-bond donors (Lipinski definition) is 1. The van der Waals surface area contributed by atoms with Gasteiger partial charge in [0.05, 0.1) is 28.0 Å². The minimum absolute atomic E-state index is 0.0514. The number of ether oxygens (including phenoxy) is 2. The van der Waals surface area contributed by atoms with Crippen LogP contribution in [0.5, 0.6) is 0 Å². The van der Waals surface area contributed by atoms with Gasteiger partial charge in [0.1, 0.15) is 5.60 Å². The molecule has 1 aliphatic carbocycles. The Morgan fingerprint density at radius 1 is 0.868 bits per heavy atom. The molecule has 0 saturated carbocycles. The lowest BCUT2D eigenvalue weighted by Crippen LogP contribution is -2.53. The molecule has 53 heavy (non-hydrogen) atoms. The Labute approximate surface area is 315 Å². The van der Waals surface area contributed by atoms with Crippen LogP contribution in [0.25, 0.3) is 0 Å². The van der Waals surface area contributed by atoms with Crippen molar-refractivity contribution < 1.29 is 40.8 Å². The highest BCUT2D eigenvalue weighted by Crippen LogP contribution is 2.45. The van der Waals surface area contributed by atoms with Crippen LogP contribution in [0.4, 0.5) is 10.5 Å². The number of para-hydroxylation sites is 1. The lowest BCUT2D eigenvalue weighted by atomic mass is 9.76. The number of halogens is 1. The van der Waals surface area contributed by atoms with Crippen molar-refractivity contribution in [1.82, 2.24) is 13.9 Å². The van der Waals surface area contributed by atoms with Gasteiger partial charge in [0.15, 0.2) is 4.90 Å². The van der Waals surface area contributed by atoms with Crippen LogP contribution < -0.4 is 5.32 Å². The minimum atomic E-state index is -4.54. The predicted octanol–water partition coefficient (Wildman–Crippen LogP) is 5.43. The monoisotopic (exact) mass is 828 g/mol. The zero-order chi connectivity index (χ0) is 38.3. The van der Waals surface area contributed by atoms with Gasteiger partial charge in [-0.2, -0.15) is 8.61 Å². The number of alkyl carbamates (subject to hydrolysis) is 1. The Kier molecular flexibility index (Phi) is 10.7. The maximum Gasteiger partial charge on any atom is 0.408 e. The number of benzene rings is 3. The Balaban J connectivity index is 1.42. The molecule has 17 heteroatoms. The van der Waals surface area contributed by atoms with Crippen molar-refractivity contribution in [2.75, 3.05) is 32.8 Å². The Morgan fingerprint density at radius 3 is 2.15 bits per heavy atom. The molecule has 280 valence electrons. The number of nitro groups is 1. The molecule has 0 fully saturated rings. The third-order valence-corrected chi connectivity index (χ3v) is 13.4. The number of nitro benzene ring substituents is 1. The van der Waals surface area contributed by atoms with Crippen LogP contribution in [-0.4, -0.2) is 86.9 Å². The van der Waals surface area contributed by atoms with Crippen LogP contribution in [-0.2, 0) is 29.5 Å². The maximum absolute atomic E-state index is 14.2. The van der Waals surface area contributed by atoms with Crippen molar-refractivity contribution in [2.45, 2.75) is 48.6 Å². The summed E-state index contributed by atoms with van der Waals surface area (Å²) in [6, 6.07) is 18.6. The molecule has 0 saturated heterocycles. The van der Waals surface area contributed by atoms with Crippen LogP contribution in [0.15, 0.2) is 115 Å². The molecule has 6 rings (SSSR count).